The molecule has 0 amide bonds. The lowest BCUT2D eigenvalue weighted by Crippen LogP contribution is -2.44. The molecule has 2 N–H and O–H groups in total. The number of anilines is 3. The number of likely N-dealkylation sites (N-methyl/N-ethyl adjacent to an activating group) is 1. The van der Waals surface area contributed by atoms with E-state index in [4.69, 9.17) is 9.15 Å². The van der Waals surface area contributed by atoms with Crippen LogP contribution in [-0.2, 0) is 0 Å². The highest BCUT2D eigenvalue weighted by molar-refractivity contribution is 5.82. The molecule has 5 rings (SSSR count). The standard InChI is InChI=1S/C22H24FN7O2/c1-13-10-15-16(25-13)4-5-17(20(15)23)32-22-27-18(26-21-24-12-14(2)31-21)11-19(28-22)30-8-6-29(3)7-9-30/h4-5,10-12,25H,6-9H2,1-3H3,(H,24,26,27,28). The summed E-state index contributed by atoms with van der Waals surface area (Å²) in [5, 5.41) is 3.50. The van der Waals surface area contributed by atoms with Gasteiger partial charge in [0.1, 0.15) is 17.4 Å². The molecule has 32 heavy (non-hydrogen) atoms. The molecule has 0 radical (unpaired) electrons. The fourth-order valence-corrected chi connectivity index (χ4v) is 3.71. The van der Waals surface area contributed by atoms with Crippen LogP contribution in [0.1, 0.15) is 11.5 Å². The first-order valence-corrected chi connectivity index (χ1v) is 10.4. The molecule has 4 aromatic rings. The van der Waals surface area contributed by atoms with Crippen LogP contribution in [0.25, 0.3) is 10.9 Å². The number of benzene rings is 1. The minimum absolute atomic E-state index is 0.0395. The number of nitrogens with zero attached hydrogens (tertiary/aromatic N) is 5. The SMILES string of the molecule is Cc1cc2c(F)c(Oc3nc(Nc4ncc(C)o4)cc(N4CCN(C)CC4)n3)ccc2[nH]1. The van der Waals surface area contributed by atoms with Gasteiger partial charge >= 0.3 is 6.01 Å². The van der Waals surface area contributed by atoms with E-state index in [1.165, 1.54) is 0 Å². The second-order valence-electron chi connectivity index (χ2n) is 7.98. The minimum Gasteiger partial charge on any atom is -0.429 e. The van der Waals surface area contributed by atoms with Gasteiger partial charge in [-0.25, -0.2) is 9.37 Å². The van der Waals surface area contributed by atoms with E-state index >= 15 is 4.39 Å². The maximum absolute atomic E-state index is 15.1. The van der Waals surface area contributed by atoms with E-state index in [1.54, 1.807) is 24.4 Å². The van der Waals surface area contributed by atoms with Gasteiger partial charge in [0.2, 0.25) is 0 Å². The molecule has 1 aliphatic heterocycles. The van der Waals surface area contributed by atoms with Gasteiger partial charge in [0.15, 0.2) is 11.6 Å². The molecular formula is C22H24FN7O2. The Morgan fingerprint density at radius 1 is 1.12 bits per heavy atom. The molecule has 1 fully saturated rings. The van der Waals surface area contributed by atoms with E-state index in [0.29, 0.717) is 34.3 Å². The van der Waals surface area contributed by atoms with E-state index in [0.717, 1.165) is 31.9 Å². The largest absolute Gasteiger partial charge is 0.429 e. The molecule has 0 saturated carbocycles. The number of aromatic amines is 1. The lowest BCUT2D eigenvalue weighted by molar-refractivity contribution is 0.311. The first kappa shape index (κ1) is 20.3. The van der Waals surface area contributed by atoms with Gasteiger partial charge in [0.25, 0.3) is 6.01 Å². The van der Waals surface area contributed by atoms with Crippen molar-refractivity contribution in [3.63, 3.8) is 0 Å². The Hall–Kier alpha value is -3.66. The first-order chi connectivity index (χ1) is 15.4. The molecule has 166 valence electrons. The summed E-state index contributed by atoms with van der Waals surface area (Å²) >= 11 is 0. The second-order valence-corrected chi connectivity index (χ2v) is 7.98. The van der Waals surface area contributed by atoms with Gasteiger partial charge in [-0.1, -0.05) is 0 Å². The molecule has 0 unspecified atom stereocenters. The Bertz CT molecular complexity index is 1260. The number of nitrogens with one attached hydrogen (secondary N) is 2. The average Bonchev–Trinajstić information content (AvgIpc) is 3.35. The van der Waals surface area contributed by atoms with Gasteiger partial charge in [-0.05, 0) is 39.1 Å². The van der Waals surface area contributed by atoms with Crippen molar-refractivity contribution in [2.45, 2.75) is 13.8 Å². The number of ether oxygens (including phenoxy) is 1. The van der Waals surface area contributed by atoms with Crippen LogP contribution < -0.4 is 15.0 Å². The van der Waals surface area contributed by atoms with Crippen LogP contribution in [0.5, 0.6) is 11.8 Å². The summed E-state index contributed by atoms with van der Waals surface area (Å²) in [5.74, 6) is 1.41. The Balaban J connectivity index is 1.49. The van der Waals surface area contributed by atoms with Crippen LogP contribution in [0.2, 0.25) is 0 Å². The Labute approximate surface area is 184 Å². The van der Waals surface area contributed by atoms with Gasteiger partial charge in [0, 0.05) is 48.8 Å². The quantitative estimate of drug-likeness (QED) is 0.484. The van der Waals surface area contributed by atoms with Gasteiger partial charge in [0.05, 0.1) is 6.20 Å². The maximum atomic E-state index is 15.1. The van der Waals surface area contributed by atoms with Gasteiger partial charge in [-0.15, -0.1) is 0 Å². The molecule has 1 aromatic carbocycles. The third-order valence-corrected chi connectivity index (χ3v) is 5.41. The maximum Gasteiger partial charge on any atom is 0.326 e. The number of hydrogen-bond donors (Lipinski definition) is 2. The number of hydrogen-bond acceptors (Lipinski definition) is 8. The Morgan fingerprint density at radius 2 is 1.94 bits per heavy atom. The zero-order chi connectivity index (χ0) is 22.2. The monoisotopic (exact) mass is 437 g/mol. The topological polar surface area (TPSA) is 95.3 Å². The molecule has 3 aromatic heterocycles. The summed E-state index contributed by atoms with van der Waals surface area (Å²) in [7, 11) is 2.09. The zero-order valence-corrected chi connectivity index (χ0v) is 18.1. The van der Waals surface area contributed by atoms with Gasteiger partial charge in [-0.2, -0.15) is 9.97 Å². The molecule has 4 heterocycles. The van der Waals surface area contributed by atoms with E-state index < -0.39 is 5.82 Å². The van der Waals surface area contributed by atoms with E-state index in [9.17, 15) is 0 Å². The number of fused-ring (bicyclic) bond motifs is 1. The normalized spacial score (nSPS) is 14.8. The Kier molecular flexibility index (Phi) is 5.14. The van der Waals surface area contributed by atoms with Crippen LogP contribution >= 0.6 is 0 Å². The van der Waals surface area contributed by atoms with Crippen molar-refractivity contribution in [1.29, 1.82) is 0 Å². The summed E-state index contributed by atoms with van der Waals surface area (Å²) in [5.41, 5.74) is 1.58. The van der Waals surface area contributed by atoms with Crippen LogP contribution in [0.4, 0.5) is 22.0 Å². The third-order valence-electron chi connectivity index (χ3n) is 5.41. The minimum atomic E-state index is -0.460. The van der Waals surface area contributed by atoms with Crippen LogP contribution in [-0.4, -0.2) is 58.1 Å². The summed E-state index contributed by atoms with van der Waals surface area (Å²) in [6.45, 7) is 7.15. The number of H-pyrrole nitrogens is 1. The van der Waals surface area contributed by atoms with E-state index in [-0.39, 0.29) is 11.8 Å². The highest BCUT2D eigenvalue weighted by Crippen LogP contribution is 2.31. The fraction of sp³-hybridized carbons (Fsp3) is 0.318. The molecule has 0 atom stereocenters. The van der Waals surface area contributed by atoms with Crippen molar-refractivity contribution >= 4 is 28.6 Å². The summed E-state index contributed by atoms with van der Waals surface area (Å²) < 4.78 is 26.4. The summed E-state index contributed by atoms with van der Waals surface area (Å²) in [4.78, 5) is 20.7. The number of aromatic nitrogens is 4. The summed E-state index contributed by atoms with van der Waals surface area (Å²) in [6, 6.07) is 7.26. The highest BCUT2D eigenvalue weighted by Gasteiger charge is 2.20. The van der Waals surface area contributed by atoms with Crippen molar-refractivity contribution in [3.05, 3.63) is 47.7 Å². The van der Waals surface area contributed by atoms with Gasteiger partial charge in [-0.3, -0.25) is 5.32 Å². The molecule has 1 aliphatic rings. The molecular weight excluding hydrogens is 413 g/mol. The predicted molar refractivity (Wildman–Crippen MR) is 119 cm³/mol. The van der Waals surface area contributed by atoms with Crippen molar-refractivity contribution < 1.29 is 13.5 Å². The second kappa shape index (κ2) is 8.12. The smallest absolute Gasteiger partial charge is 0.326 e. The molecule has 0 spiro atoms. The number of rotatable bonds is 5. The highest BCUT2D eigenvalue weighted by atomic mass is 19.1. The van der Waals surface area contributed by atoms with Crippen LogP contribution in [0, 0.1) is 19.7 Å². The van der Waals surface area contributed by atoms with Crippen LogP contribution in [0.15, 0.2) is 34.9 Å². The van der Waals surface area contributed by atoms with Crippen molar-refractivity contribution in [2.75, 3.05) is 43.4 Å². The molecule has 9 nitrogen and oxygen atoms in total. The molecule has 10 heteroatoms. The first-order valence-electron chi connectivity index (χ1n) is 10.4. The van der Waals surface area contributed by atoms with Gasteiger partial charge < -0.3 is 23.9 Å². The molecule has 0 aliphatic carbocycles. The van der Waals surface area contributed by atoms with E-state index in [2.05, 4.69) is 42.1 Å². The number of piperazine rings is 1. The number of oxazole rings is 1. The Morgan fingerprint density at radius 3 is 2.69 bits per heavy atom. The van der Waals surface area contributed by atoms with Crippen molar-refractivity contribution in [1.82, 2.24) is 24.8 Å². The third kappa shape index (κ3) is 4.09. The van der Waals surface area contributed by atoms with Crippen LogP contribution in [0.3, 0.4) is 0 Å². The lowest BCUT2D eigenvalue weighted by atomic mass is 10.2. The molecule has 0 bridgehead atoms. The lowest BCUT2D eigenvalue weighted by Gasteiger charge is -2.33. The molecule has 1 saturated heterocycles. The fourth-order valence-electron chi connectivity index (χ4n) is 3.71. The predicted octanol–water partition coefficient (Wildman–Crippen LogP) is 3.99. The number of aryl methyl sites for hydroxylation is 2. The summed E-state index contributed by atoms with van der Waals surface area (Å²) in [6.07, 6.45) is 1.62. The zero-order valence-electron chi connectivity index (χ0n) is 18.1. The van der Waals surface area contributed by atoms with Crippen molar-refractivity contribution in [3.8, 4) is 11.8 Å². The number of halogens is 1. The average molecular weight is 437 g/mol. The van der Waals surface area contributed by atoms with Crippen molar-refractivity contribution in [2.24, 2.45) is 0 Å². The van der Waals surface area contributed by atoms with E-state index in [1.807, 2.05) is 19.9 Å².